The van der Waals surface area contributed by atoms with Gasteiger partial charge in [0.15, 0.2) is 0 Å². The van der Waals surface area contributed by atoms with Crippen molar-refractivity contribution in [2.24, 2.45) is 0 Å². The molecule has 2 aromatic carbocycles. The lowest BCUT2D eigenvalue weighted by Crippen LogP contribution is -2.54. The van der Waals surface area contributed by atoms with Gasteiger partial charge in [0.25, 0.3) is 5.91 Å². The molecule has 0 bridgehead atoms. The van der Waals surface area contributed by atoms with Gasteiger partial charge in [-0.05, 0) is 50.1 Å². The Bertz CT molecular complexity index is 1120. The Balaban J connectivity index is 1.45. The number of carbonyl (C=O) groups is 3. The Labute approximate surface area is 210 Å². The Hall–Kier alpha value is -3.79. The highest BCUT2D eigenvalue weighted by Gasteiger charge is 2.39. The van der Waals surface area contributed by atoms with E-state index in [1.165, 1.54) is 7.11 Å². The first-order chi connectivity index (χ1) is 17.4. The van der Waals surface area contributed by atoms with Crippen molar-refractivity contribution < 1.29 is 28.6 Å². The van der Waals surface area contributed by atoms with Crippen molar-refractivity contribution in [2.75, 3.05) is 37.9 Å². The van der Waals surface area contributed by atoms with Gasteiger partial charge in [-0.1, -0.05) is 12.1 Å². The lowest BCUT2D eigenvalue weighted by molar-refractivity contribution is -0.133. The monoisotopic (exact) mass is 496 g/mol. The summed E-state index contributed by atoms with van der Waals surface area (Å²) in [6.45, 7) is 2.71. The number of nitrogens with zero attached hydrogens (tertiary/aromatic N) is 1. The van der Waals surface area contributed by atoms with E-state index >= 15 is 0 Å². The van der Waals surface area contributed by atoms with Gasteiger partial charge in [-0.2, -0.15) is 0 Å². The number of amides is 4. The first kappa shape index (κ1) is 25.3. The van der Waals surface area contributed by atoms with Crippen molar-refractivity contribution in [3.05, 3.63) is 48.0 Å². The number of ether oxygens (including phenoxy) is 3. The molecule has 3 atom stereocenters. The number of methoxy groups -OCH3 is 1. The van der Waals surface area contributed by atoms with E-state index < -0.39 is 6.03 Å². The Morgan fingerprint density at radius 1 is 1.14 bits per heavy atom. The van der Waals surface area contributed by atoms with E-state index in [1.54, 1.807) is 48.3 Å². The minimum absolute atomic E-state index is 0.0442. The number of nitrogens with one attached hydrogen (secondary N) is 3. The van der Waals surface area contributed by atoms with Gasteiger partial charge in [-0.3, -0.25) is 9.59 Å². The van der Waals surface area contributed by atoms with E-state index in [0.717, 1.165) is 0 Å². The molecule has 0 spiro atoms. The third-order valence-electron chi connectivity index (χ3n) is 6.41. The van der Waals surface area contributed by atoms with E-state index in [9.17, 15) is 14.4 Å². The van der Waals surface area contributed by atoms with Gasteiger partial charge in [0, 0.05) is 19.3 Å². The van der Waals surface area contributed by atoms with Gasteiger partial charge >= 0.3 is 6.03 Å². The molecule has 10 heteroatoms. The van der Waals surface area contributed by atoms with Crippen LogP contribution in [-0.4, -0.2) is 68.3 Å². The average molecular weight is 497 g/mol. The molecule has 0 radical (unpaired) electrons. The number of benzene rings is 2. The summed E-state index contributed by atoms with van der Waals surface area (Å²) < 4.78 is 17.4. The summed E-state index contributed by atoms with van der Waals surface area (Å²) in [5.41, 5.74) is 1.33. The van der Waals surface area contributed by atoms with Gasteiger partial charge in [-0.25, -0.2) is 4.79 Å². The maximum atomic E-state index is 13.4. The molecule has 4 amide bonds. The molecule has 2 aromatic rings. The first-order valence-electron chi connectivity index (χ1n) is 12.1. The molecule has 2 aliphatic heterocycles. The zero-order chi connectivity index (χ0) is 25.7. The minimum Gasteiger partial charge on any atom is -0.495 e. The molecule has 2 aliphatic rings. The number of para-hydroxylation sites is 2. The minimum atomic E-state index is -0.467. The molecule has 1 fully saturated rings. The summed E-state index contributed by atoms with van der Waals surface area (Å²) in [6.07, 6.45) is 1.11. The SMILES string of the molecule is CCNC(=O)C[C@H]1CC[C@@H]2[C@H](COc3ccc(NC(=O)Nc4ccccc4OC)cc3C(=O)N2C)O1. The fraction of sp³-hybridized carbons (Fsp3) is 0.423. The molecule has 192 valence electrons. The standard InChI is InChI=1S/C26H32N4O6/c1-4-27-24(31)14-17-10-11-20-23(36-17)15-35-21-12-9-16(13-18(21)25(32)30(20)2)28-26(33)29-19-7-5-6-8-22(19)34-3/h5-9,12-13,17,20,23H,4,10-11,14-15H2,1-3H3,(H,27,31)(H2,28,29,33)/t17-,20-,23+/m1/s1. The second-order valence-electron chi connectivity index (χ2n) is 8.82. The lowest BCUT2D eigenvalue weighted by Gasteiger charge is -2.42. The Morgan fingerprint density at radius 2 is 1.94 bits per heavy atom. The number of carbonyl (C=O) groups excluding carboxylic acids is 3. The third kappa shape index (κ3) is 5.71. The van der Waals surface area contributed by atoms with E-state index in [1.807, 2.05) is 13.0 Å². The Kier molecular flexibility index (Phi) is 7.94. The average Bonchev–Trinajstić information content (AvgIpc) is 2.87. The molecule has 1 saturated heterocycles. The molecule has 10 nitrogen and oxygen atoms in total. The van der Waals surface area contributed by atoms with Crippen molar-refractivity contribution in [2.45, 2.75) is 44.4 Å². The summed E-state index contributed by atoms with van der Waals surface area (Å²) in [4.78, 5) is 39.6. The zero-order valence-electron chi connectivity index (χ0n) is 20.7. The Morgan fingerprint density at radius 3 is 2.72 bits per heavy atom. The fourth-order valence-corrected chi connectivity index (χ4v) is 4.61. The molecular weight excluding hydrogens is 464 g/mol. The summed E-state index contributed by atoms with van der Waals surface area (Å²) in [7, 11) is 3.28. The molecule has 0 unspecified atom stereocenters. The van der Waals surface area contributed by atoms with Gasteiger partial charge in [-0.15, -0.1) is 0 Å². The van der Waals surface area contributed by atoms with E-state index in [2.05, 4.69) is 16.0 Å². The van der Waals surface area contributed by atoms with Crippen molar-refractivity contribution in [1.29, 1.82) is 0 Å². The number of hydrogen-bond acceptors (Lipinski definition) is 6. The summed E-state index contributed by atoms with van der Waals surface area (Å²) in [5.74, 6) is 0.681. The van der Waals surface area contributed by atoms with Crippen LogP contribution < -0.4 is 25.4 Å². The van der Waals surface area contributed by atoms with Crippen LogP contribution in [0.3, 0.4) is 0 Å². The molecule has 4 rings (SSSR count). The summed E-state index contributed by atoms with van der Waals surface area (Å²) in [5, 5.41) is 8.31. The largest absolute Gasteiger partial charge is 0.495 e. The van der Waals surface area contributed by atoms with Crippen LogP contribution in [0.2, 0.25) is 0 Å². The van der Waals surface area contributed by atoms with Gasteiger partial charge in [0.1, 0.15) is 24.2 Å². The van der Waals surface area contributed by atoms with Gasteiger partial charge in [0.2, 0.25) is 5.91 Å². The molecule has 0 aliphatic carbocycles. The van der Waals surface area contributed by atoms with Crippen LogP contribution in [0.4, 0.5) is 16.2 Å². The summed E-state index contributed by atoms with van der Waals surface area (Å²) >= 11 is 0. The zero-order valence-corrected chi connectivity index (χ0v) is 20.7. The molecule has 0 aromatic heterocycles. The maximum absolute atomic E-state index is 13.4. The number of hydrogen-bond donors (Lipinski definition) is 3. The van der Waals surface area contributed by atoms with Gasteiger partial charge < -0.3 is 35.1 Å². The van der Waals surface area contributed by atoms with Crippen LogP contribution in [0, 0.1) is 0 Å². The number of likely N-dealkylation sites (N-methyl/N-ethyl adjacent to an activating group) is 1. The predicted octanol–water partition coefficient (Wildman–Crippen LogP) is 3.25. The van der Waals surface area contributed by atoms with Crippen molar-refractivity contribution in [3.63, 3.8) is 0 Å². The molecule has 36 heavy (non-hydrogen) atoms. The highest BCUT2D eigenvalue weighted by atomic mass is 16.5. The topological polar surface area (TPSA) is 118 Å². The second-order valence-corrected chi connectivity index (χ2v) is 8.82. The molecule has 3 N–H and O–H groups in total. The van der Waals surface area contributed by atoms with Gasteiger partial charge in [0.05, 0.1) is 36.9 Å². The number of urea groups is 1. The predicted molar refractivity (Wildman–Crippen MR) is 135 cm³/mol. The van der Waals surface area contributed by atoms with Crippen LogP contribution in [0.5, 0.6) is 11.5 Å². The third-order valence-corrected chi connectivity index (χ3v) is 6.41. The van der Waals surface area contributed by atoms with Crippen molar-refractivity contribution in [3.8, 4) is 11.5 Å². The van der Waals surface area contributed by atoms with Crippen molar-refractivity contribution in [1.82, 2.24) is 10.2 Å². The smallest absolute Gasteiger partial charge is 0.323 e. The fourth-order valence-electron chi connectivity index (χ4n) is 4.61. The van der Waals surface area contributed by atoms with E-state index in [0.29, 0.717) is 47.8 Å². The van der Waals surface area contributed by atoms with Crippen LogP contribution in [-0.2, 0) is 9.53 Å². The molecular formula is C26H32N4O6. The molecule has 2 heterocycles. The summed E-state index contributed by atoms with van der Waals surface area (Å²) in [6, 6.07) is 11.4. The van der Waals surface area contributed by atoms with E-state index in [4.69, 9.17) is 14.2 Å². The van der Waals surface area contributed by atoms with Crippen LogP contribution in [0.1, 0.15) is 36.5 Å². The van der Waals surface area contributed by atoms with Crippen LogP contribution in [0.15, 0.2) is 42.5 Å². The first-order valence-corrected chi connectivity index (χ1v) is 12.1. The highest BCUT2D eigenvalue weighted by molar-refractivity contribution is 6.03. The quantitative estimate of drug-likeness (QED) is 0.565. The maximum Gasteiger partial charge on any atom is 0.323 e. The number of rotatable bonds is 6. The highest BCUT2D eigenvalue weighted by Crippen LogP contribution is 2.32. The normalized spacial score (nSPS) is 21.1. The van der Waals surface area contributed by atoms with E-state index in [-0.39, 0.29) is 43.1 Å². The van der Waals surface area contributed by atoms with Crippen LogP contribution in [0.25, 0.3) is 0 Å². The second kappa shape index (κ2) is 11.3. The van der Waals surface area contributed by atoms with Crippen molar-refractivity contribution >= 4 is 29.2 Å². The molecule has 0 saturated carbocycles. The number of anilines is 2. The number of fused-ring (bicyclic) bond motifs is 2. The lowest BCUT2D eigenvalue weighted by atomic mass is 9.94. The van der Waals surface area contributed by atoms with Crippen LogP contribution >= 0.6 is 0 Å².